The topological polar surface area (TPSA) is 24.9 Å². The first-order valence-electron chi connectivity index (χ1n) is 12.9. The zero-order valence-electron chi connectivity index (χ0n) is 20.4. The first-order valence-corrected chi connectivity index (χ1v) is 12.9. The summed E-state index contributed by atoms with van der Waals surface area (Å²) < 4.78 is 12.4. The van der Waals surface area contributed by atoms with Gasteiger partial charge in [-0.25, -0.2) is 0 Å². The molecule has 0 N–H and O–H groups in total. The molecule has 3 unspecified atom stereocenters. The number of methoxy groups -OCH3 is 1. The van der Waals surface area contributed by atoms with E-state index in [-0.39, 0.29) is 11.5 Å². The van der Waals surface area contributed by atoms with Crippen LogP contribution < -0.4 is 4.74 Å². The zero-order chi connectivity index (χ0) is 21.8. The van der Waals surface area contributed by atoms with E-state index < -0.39 is 0 Å². The molecule has 1 saturated carbocycles. The molecule has 0 spiro atoms. The Morgan fingerprint density at radius 1 is 1.10 bits per heavy atom. The first-order chi connectivity index (χ1) is 15.1. The second-order valence-electron chi connectivity index (χ2n) is 10.1. The molecule has 0 amide bonds. The van der Waals surface area contributed by atoms with Crippen molar-refractivity contribution in [3.8, 4) is 5.75 Å². The van der Waals surface area contributed by atoms with Gasteiger partial charge in [-0.05, 0) is 114 Å². The van der Waals surface area contributed by atoms with Gasteiger partial charge in [0.2, 0.25) is 0 Å². The Kier molecular flexibility index (Phi) is 7.61. The summed E-state index contributed by atoms with van der Waals surface area (Å²) >= 11 is 0. The monoisotopic (exact) mass is 428 g/mol. The Morgan fingerprint density at radius 2 is 1.87 bits per heavy atom. The number of ether oxygens (including phenoxy) is 2. The number of rotatable bonds is 10. The normalized spacial score (nSPS) is 30.1. The van der Waals surface area contributed by atoms with Crippen LogP contribution in [0.4, 0.5) is 0 Å². The summed E-state index contributed by atoms with van der Waals surface area (Å²) in [6, 6.07) is 7.23. The summed E-state index contributed by atoms with van der Waals surface area (Å²) in [4.78, 5) is 5.41. The summed E-state index contributed by atoms with van der Waals surface area (Å²) in [6.45, 7) is 13.8. The van der Waals surface area contributed by atoms with Gasteiger partial charge in [-0.2, -0.15) is 0 Å². The fraction of sp³-hybridized carbons (Fsp3) is 0.778. The van der Waals surface area contributed by atoms with Crippen LogP contribution in [0, 0.1) is 5.92 Å². The van der Waals surface area contributed by atoms with Crippen LogP contribution in [0.1, 0.15) is 70.4 Å². The Bertz CT molecular complexity index is 713. The van der Waals surface area contributed by atoms with Gasteiger partial charge in [-0.1, -0.05) is 13.0 Å². The summed E-state index contributed by atoms with van der Waals surface area (Å²) in [5.74, 6) is 1.90. The van der Waals surface area contributed by atoms with E-state index in [2.05, 4.69) is 48.8 Å². The third-order valence-corrected chi connectivity index (χ3v) is 8.25. The molecule has 4 nitrogen and oxygen atoms in total. The summed E-state index contributed by atoms with van der Waals surface area (Å²) in [7, 11) is 1.79. The van der Waals surface area contributed by atoms with Gasteiger partial charge in [0.1, 0.15) is 5.75 Å². The second kappa shape index (κ2) is 10.2. The van der Waals surface area contributed by atoms with E-state index >= 15 is 0 Å². The predicted molar refractivity (Wildman–Crippen MR) is 128 cm³/mol. The lowest BCUT2D eigenvalue weighted by Crippen LogP contribution is -2.60. The van der Waals surface area contributed by atoms with Gasteiger partial charge < -0.3 is 14.4 Å². The maximum Gasteiger partial charge on any atom is 0.119 e. The fourth-order valence-corrected chi connectivity index (χ4v) is 6.22. The molecule has 0 radical (unpaired) electrons. The van der Waals surface area contributed by atoms with E-state index in [9.17, 15) is 0 Å². The number of nitrogens with zero attached hydrogens (tertiary/aromatic N) is 2. The maximum absolute atomic E-state index is 6.68. The molecule has 3 fully saturated rings. The number of hydrogen-bond donors (Lipinski definition) is 0. The van der Waals surface area contributed by atoms with Crippen LogP contribution in [0.2, 0.25) is 0 Å². The standard InChI is InChI=1S/C27H44N2O2/c1-5-23-11-12-24(30-4)19-25(23)27(13-17-28-15-7-8-16-28)14-18-29(20-22-9-10-22)21(3)26(27)31-6-2/h11-12,19,21-22,26H,5-10,13-18,20H2,1-4H3. The smallest absolute Gasteiger partial charge is 0.119 e. The highest BCUT2D eigenvalue weighted by atomic mass is 16.5. The number of piperidine rings is 1. The molecular formula is C27H44N2O2. The van der Waals surface area contributed by atoms with E-state index in [0.29, 0.717) is 6.04 Å². The lowest BCUT2D eigenvalue weighted by atomic mass is 9.64. The summed E-state index contributed by atoms with van der Waals surface area (Å²) in [5.41, 5.74) is 3.01. The number of hydrogen-bond acceptors (Lipinski definition) is 4. The van der Waals surface area contributed by atoms with Gasteiger partial charge in [-0.15, -0.1) is 0 Å². The Morgan fingerprint density at radius 3 is 2.52 bits per heavy atom. The Balaban J connectivity index is 1.71. The van der Waals surface area contributed by atoms with Gasteiger partial charge in [-0.3, -0.25) is 4.90 Å². The van der Waals surface area contributed by atoms with E-state index in [0.717, 1.165) is 24.7 Å². The average Bonchev–Trinajstić information content (AvgIpc) is 3.46. The third kappa shape index (κ3) is 4.96. The third-order valence-electron chi connectivity index (χ3n) is 8.25. The van der Waals surface area contributed by atoms with Crippen molar-refractivity contribution in [2.24, 2.45) is 5.92 Å². The predicted octanol–water partition coefficient (Wildman–Crippen LogP) is 4.89. The Hall–Kier alpha value is -1.10. The van der Waals surface area contributed by atoms with Crippen molar-refractivity contribution >= 4 is 0 Å². The summed E-state index contributed by atoms with van der Waals surface area (Å²) in [6.07, 6.45) is 9.19. The molecule has 4 rings (SSSR count). The number of benzene rings is 1. The number of likely N-dealkylation sites (tertiary alicyclic amines) is 2. The fourth-order valence-electron chi connectivity index (χ4n) is 6.22. The van der Waals surface area contributed by atoms with Gasteiger partial charge >= 0.3 is 0 Å². The molecule has 31 heavy (non-hydrogen) atoms. The Labute approximate surface area is 190 Å². The van der Waals surface area contributed by atoms with E-state index in [4.69, 9.17) is 9.47 Å². The molecule has 1 aromatic carbocycles. The number of aryl methyl sites for hydroxylation is 1. The van der Waals surface area contributed by atoms with Crippen LogP contribution in [0.25, 0.3) is 0 Å². The maximum atomic E-state index is 6.68. The first kappa shape index (κ1) is 23.1. The van der Waals surface area contributed by atoms with Crippen molar-refractivity contribution in [1.29, 1.82) is 0 Å². The van der Waals surface area contributed by atoms with Crippen molar-refractivity contribution in [3.63, 3.8) is 0 Å². The molecular weight excluding hydrogens is 384 g/mol. The van der Waals surface area contributed by atoms with Crippen molar-refractivity contribution in [3.05, 3.63) is 29.3 Å². The molecule has 2 heterocycles. The molecule has 2 saturated heterocycles. The summed E-state index contributed by atoms with van der Waals surface area (Å²) in [5, 5.41) is 0. The minimum absolute atomic E-state index is 0.0535. The van der Waals surface area contributed by atoms with Gasteiger partial charge in [0.15, 0.2) is 0 Å². The van der Waals surface area contributed by atoms with Gasteiger partial charge in [0, 0.05) is 24.6 Å². The largest absolute Gasteiger partial charge is 0.497 e. The molecule has 3 atom stereocenters. The minimum Gasteiger partial charge on any atom is -0.497 e. The van der Waals surface area contributed by atoms with E-state index in [1.54, 1.807) is 7.11 Å². The molecule has 3 aliphatic rings. The van der Waals surface area contributed by atoms with Crippen molar-refractivity contribution in [1.82, 2.24) is 9.80 Å². The molecule has 0 bridgehead atoms. The van der Waals surface area contributed by atoms with Crippen molar-refractivity contribution in [2.45, 2.75) is 83.3 Å². The zero-order valence-corrected chi connectivity index (χ0v) is 20.4. The molecule has 1 aliphatic carbocycles. The van der Waals surface area contributed by atoms with E-state index in [1.807, 2.05) is 0 Å². The highest BCUT2D eigenvalue weighted by Gasteiger charge is 2.50. The van der Waals surface area contributed by atoms with Crippen LogP contribution in [0.15, 0.2) is 18.2 Å². The minimum atomic E-state index is 0.0535. The van der Waals surface area contributed by atoms with Gasteiger partial charge in [0.05, 0.1) is 13.2 Å². The SMILES string of the molecule is CCOC1C(C)N(CC2CC2)CCC1(CCN1CCCC1)c1cc(OC)ccc1CC. The van der Waals surface area contributed by atoms with Crippen LogP contribution in [0.3, 0.4) is 0 Å². The van der Waals surface area contributed by atoms with Crippen molar-refractivity contribution < 1.29 is 9.47 Å². The second-order valence-corrected chi connectivity index (χ2v) is 10.1. The lowest BCUT2D eigenvalue weighted by molar-refractivity contribution is -0.0890. The molecule has 4 heteroatoms. The van der Waals surface area contributed by atoms with Crippen LogP contribution in [0.5, 0.6) is 5.75 Å². The van der Waals surface area contributed by atoms with E-state index in [1.165, 1.54) is 82.4 Å². The average molecular weight is 429 g/mol. The van der Waals surface area contributed by atoms with Gasteiger partial charge in [0.25, 0.3) is 0 Å². The molecule has 174 valence electrons. The highest BCUT2D eigenvalue weighted by Crippen LogP contribution is 2.46. The van der Waals surface area contributed by atoms with Crippen LogP contribution in [-0.2, 0) is 16.6 Å². The molecule has 1 aromatic rings. The van der Waals surface area contributed by atoms with Crippen LogP contribution >= 0.6 is 0 Å². The van der Waals surface area contributed by atoms with Crippen molar-refractivity contribution in [2.75, 3.05) is 46.4 Å². The molecule has 2 aliphatic heterocycles. The highest BCUT2D eigenvalue weighted by molar-refractivity contribution is 5.43. The molecule has 0 aromatic heterocycles. The van der Waals surface area contributed by atoms with Crippen LogP contribution in [-0.4, -0.2) is 68.4 Å². The lowest BCUT2D eigenvalue weighted by Gasteiger charge is -2.53. The quantitative estimate of drug-likeness (QED) is 0.530.